The van der Waals surface area contributed by atoms with E-state index in [1.54, 1.807) is 12.4 Å². The molecule has 142 valence electrons. The molecule has 7 heteroatoms. The first-order valence-electron chi connectivity index (χ1n) is 9.86. The highest BCUT2D eigenvalue weighted by atomic mass is 16.2. The lowest BCUT2D eigenvalue weighted by Crippen LogP contribution is -2.51. The van der Waals surface area contributed by atoms with Crippen molar-refractivity contribution in [2.75, 3.05) is 0 Å². The van der Waals surface area contributed by atoms with Gasteiger partial charge in [-0.25, -0.2) is 4.79 Å². The summed E-state index contributed by atoms with van der Waals surface area (Å²) in [5, 5.41) is 15.5. The van der Waals surface area contributed by atoms with Crippen LogP contribution in [0.15, 0.2) is 59.0 Å². The van der Waals surface area contributed by atoms with Crippen molar-refractivity contribution in [3.63, 3.8) is 0 Å². The van der Waals surface area contributed by atoms with E-state index >= 15 is 0 Å². The van der Waals surface area contributed by atoms with Gasteiger partial charge in [0.1, 0.15) is 0 Å². The van der Waals surface area contributed by atoms with Gasteiger partial charge in [-0.3, -0.25) is 9.97 Å². The molecule has 28 heavy (non-hydrogen) atoms. The fourth-order valence-corrected chi connectivity index (χ4v) is 4.71. The molecule has 0 radical (unpaired) electrons. The predicted octanol–water partition coefficient (Wildman–Crippen LogP) is 2.54. The topological polar surface area (TPSA) is 91.6 Å². The minimum Gasteiger partial charge on any atom is -0.333 e. The Morgan fingerprint density at radius 1 is 0.821 bits per heavy atom. The molecule has 4 unspecified atom stereocenters. The van der Waals surface area contributed by atoms with E-state index in [9.17, 15) is 4.79 Å². The summed E-state index contributed by atoms with van der Waals surface area (Å²) in [6.07, 6.45) is 7.69. The Morgan fingerprint density at radius 2 is 1.50 bits per heavy atom. The van der Waals surface area contributed by atoms with Crippen molar-refractivity contribution in [2.45, 2.75) is 37.8 Å². The van der Waals surface area contributed by atoms with Crippen LogP contribution in [0, 0.1) is 11.8 Å². The molecule has 0 spiro atoms. The number of nitrogens with zero attached hydrogens (tertiary/aromatic N) is 4. The van der Waals surface area contributed by atoms with Crippen LogP contribution < -0.4 is 10.6 Å². The number of urea groups is 1. The van der Waals surface area contributed by atoms with E-state index in [0.717, 1.165) is 48.5 Å². The lowest BCUT2D eigenvalue weighted by atomic mass is 9.70. The maximum atomic E-state index is 12.2. The van der Waals surface area contributed by atoms with Crippen molar-refractivity contribution in [3.05, 3.63) is 60.2 Å². The van der Waals surface area contributed by atoms with Crippen molar-refractivity contribution in [1.29, 1.82) is 0 Å². The minimum atomic E-state index is -0.0991. The molecule has 2 fully saturated rings. The molecule has 1 saturated heterocycles. The van der Waals surface area contributed by atoms with E-state index in [0.29, 0.717) is 0 Å². The van der Waals surface area contributed by atoms with E-state index in [1.807, 2.05) is 36.4 Å². The molecule has 5 rings (SSSR count). The Morgan fingerprint density at radius 3 is 2.21 bits per heavy atom. The monoisotopic (exact) mass is 374 g/mol. The number of hydrogen-bond donors (Lipinski definition) is 2. The van der Waals surface area contributed by atoms with Crippen molar-refractivity contribution in [2.24, 2.45) is 22.0 Å². The van der Waals surface area contributed by atoms with E-state index in [2.05, 4.69) is 30.8 Å². The summed E-state index contributed by atoms with van der Waals surface area (Å²) in [6.45, 7) is 0. The number of amides is 2. The molecular weight excluding hydrogens is 352 g/mol. The maximum Gasteiger partial charge on any atom is 0.315 e. The number of hydrogen-bond acceptors (Lipinski definition) is 5. The number of fused-ring (bicyclic) bond motifs is 3. The Balaban J connectivity index is 1.64. The normalized spacial score (nSPS) is 29.2. The molecule has 2 amide bonds. The molecule has 2 aromatic rings. The van der Waals surface area contributed by atoms with Gasteiger partial charge in [-0.15, -0.1) is 0 Å². The molecule has 2 aromatic heterocycles. The summed E-state index contributed by atoms with van der Waals surface area (Å²) in [6, 6.07) is 11.7. The molecule has 3 aliphatic rings. The summed E-state index contributed by atoms with van der Waals surface area (Å²) in [5.74, 6) is 0.145. The Kier molecular flexibility index (Phi) is 4.35. The maximum absolute atomic E-state index is 12.2. The number of carbonyl (C=O) groups is 1. The molecule has 0 bridgehead atoms. The first-order valence-corrected chi connectivity index (χ1v) is 9.86. The number of carbonyl (C=O) groups excluding carboxylic acids is 1. The van der Waals surface area contributed by atoms with Crippen LogP contribution in [0.5, 0.6) is 0 Å². The van der Waals surface area contributed by atoms with Crippen molar-refractivity contribution in [3.8, 4) is 0 Å². The van der Waals surface area contributed by atoms with Gasteiger partial charge in [0, 0.05) is 24.2 Å². The van der Waals surface area contributed by atoms with Gasteiger partial charge >= 0.3 is 6.03 Å². The van der Waals surface area contributed by atoms with Crippen LogP contribution in [-0.4, -0.2) is 39.5 Å². The second kappa shape index (κ2) is 7.14. The van der Waals surface area contributed by atoms with E-state index in [-0.39, 0.29) is 30.0 Å². The Bertz CT molecular complexity index is 926. The van der Waals surface area contributed by atoms with Gasteiger partial charge in [0.2, 0.25) is 0 Å². The SMILES string of the molecule is O=C1NC2CCCCC3C(c4ccccn4)=NN=C(c4ccccn4)C3C2N1. The van der Waals surface area contributed by atoms with Crippen LogP contribution in [0.1, 0.15) is 37.1 Å². The highest BCUT2D eigenvalue weighted by Crippen LogP contribution is 2.37. The lowest BCUT2D eigenvalue weighted by Gasteiger charge is -2.38. The zero-order valence-corrected chi connectivity index (χ0v) is 15.5. The summed E-state index contributed by atoms with van der Waals surface area (Å²) in [7, 11) is 0. The van der Waals surface area contributed by atoms with Gasteiger partial charge in [-0.1, -0.05) is 25.0 Å². The predicted molar refractivity (Wildman–Crippen MR) is 106 cm³/mol. The van der Waals surface area contributed by atoms with E-state index in [1.165, 1.54) is 0 Å². The van der Waals surface area contributed by atoms with Crippen LogP contribution >= 0.6 is 0 Å². The van der Waals surface area contributed by atoms with E-state index in [4.69, 9.17) is 0 Å². The standard InChI is InChI=1S/C21H22N6O/c28-21-24-16-10-2-1-7-13-17(19(16)25-21)20(15-9-4-6-12-23-15)27-26-18(13)14-8-3-5-11-22-14/h3-6,8-9,11-13,16-17,19H,1-2,7,10H2,(H2,24,25,28). The zero-order valence-electron chi connectivity index (χ0n) is 15.5. The molecule has 4 heterocycles. The van der Waals surface area contributed by atoms with Crippen molar-refractivity contribution >= 4 is 17.5 Å². The van der Waals surface area contributed by atoms with Gasteiger partial charge in [0.05, 0.1) is 34.9 Å². The van der Waals surface area contributed by atoms with E-state index < -0.39 is 0 Å². The molecule has 1 saturated carbocycles. The Labute approximate surface area is 163 Å². The summed E-state index contributed by atoms with van der Waals surface area (Å²) in [4.78, 5) is 21.2. The summed E-state index contributed by atoms with van der Waals surface area (Å²) >= 11 is 0. The highest BCUT2D eigenvalue weighted by molar-refractivity contribution is 6.10. The van der Waals surface area contributed by atoms with Gasteiger partial charge in [-0.05, 0) is 37.1 Å². The molecule has 0 aromatic carbocycles. The van der Waals surface area contributed by atoms with Gasteiger partial charge in [0.15, 0.2) is 0 Å². The lowest BCUT2D eigenvalue weighted by molar-refractivity contribution is 0.246. The number of aromatic nitrogens is 2. The third kappa shape index (κ3) is 2.96. The average Bonchev–Trinajstić information content (AvgIpc) is 3.09. The van der Waals surface area contributed by atoms with Gasteiger partial charge < -0.3 is 10.6 Å². The minimum absolute atomic E-state index is 0.00801. The first kappa shape index (κ1) is 17.0. The fraction of sp³-hybridized carbons (Fsp3) is 0.381. The van der Waals surface area contributed by atoms with Crippen LogP contribution in [-0.2, 0) is 0 Å². The number of pyridine rings is 2. The molecule has 7 nitrogen and oxygen atoms in total. The molecular formula is C21H22N6O. The second-order valence-corrected chi connectivity index (χ2v) is 7.57. The van der Waals surface area contributed by atoms with Gasteiger partial charge in [0.25, 0.3) is 0 Å². The van der Waals surface area contributed by atoms with Crippen LogP contribution in [0.2, 0.25) is 0 Å². The third-order valence-electron chi connectivity index (χ3n) is 5.94. The molecule has 4 atom stereocenters. The van der Waals surface area contributed by atoms with Crippen molar-refractivity contribution in [1.82, 2.24) is 20.6 Å². The molecule has 1 aliphatic carbocycles. The van der Waals surface area contributed by atoms with Gasteiger partial charge in [-0.2, -0.15) is 10.2 Å². The fourth-order valence-electron chi connectivity index (χ4n) is 4.71. The summed E-state index contributed by atoms with van der Waals surface area (Å²) < 4.78 is 0. The van der Waals surface area contributed by atoms with Crippen molar-refractivity contribution < 1.29 is 4.79 Å². The third-order valence-corrected chi connectivity index (χ3v) is 5.94. The quantitative estimate of drug-likeness (QED) is 0.846. The molecule has 2 aliphatic heterocycles. The smallest absolute Gasteiger partial charge is 0.315 e. The average molecular weight is 374 g/mol. The number of rotatable bonds is 2. The highest BCUT2D eigenvalue weighted by Gasteiger charge is 2.47. The summed E-state index contributed by atoms with van der Waals surface area (Å²) in [5.41, 5.74) is 3.44. The second-order valence-electron chi connectivity index (χ2n) is 7.57. The van der Waals surface area contributed by atoms with Crippen LogP contribution in [0.3, 0.4) is 0 Å². The largest absolute Gasteiger partial charge is 0.333 e. The molecule has 2 N–H and O–H groups in total. The van der Waals surface area contributed by atoms with Crippen LogP contribution in [0.25, 0.3) is 0 Å². The first-order chi connectivity index (χ1) is 13.8. The zero-order chi connectivity index (χ0) is 18.9. The van der Waals surface area contributed by atoms with Crippen LogP contribution in [0.4, 0.5) is 4.79 Å². The number of nitrogens with one attached hydrogen (secondary N) is 2. The Hall–Kier alpha value is -3.09.